The maximum absolute atomic E-state index is 11.9. The smallest absolute Gasteiger partial charge is 0.344 e. The zero-order valence-electron chi connectivity index (χ0n) is 11.0. The molecule has 20 heavy (non-hydrogen) atoms. The topological polar surface area (TPSA) is 101 Å². The lowest BCUT2D eigenvalue weighted by atomic mass is 10.1. The number of benzene rings is 1. The van der Waals surface area contributed by atoms with Crippen LogP contribution in [0.15, 0.2) is 33.9 Å². The van der Waals surface area contributed by atoms with E-state index in [2.05, 4.69) is 15.2 Å². The van der Waals surface area contributed by atoms with Gasteiger partial charge in [-0.2, -0.15) is 0 Å². The Hall–Kier alpha value is -2.79. The molecule has 0 radical (unpaired) electrons. The normalized spacial score (nSPS) is 9.90. The third-order valence-corrected chi connectivity index (χ3v) is 2.64. The van der Waals surface area contributed by atoms with Crippen molar-refractivity contribution in [3.05, 3.63) is 46.0 Å². The van der Waals surface area contributed by atoms with Gasteiger partial charge in [-0.3, -0.25) is 0 Å². The molecule has 102 valence electrons. The second-order valence-electron chi connectivity index (χ2n) is 3.92. The SMILES string of the molecule is CCOC(=O)c1c(-c2ccc(N=[N+]=[N-])cc2)noc1C. The fraction of sp³-hybridized carbons (Fsp3) is 0.231. The zero-order valence-corrected chi connectivity index (χ0v) is 11.0. The van der Waals surface area contributed by atoms with Gasteiger partial charge in [-0.25, -0.2) is 4.79 Å². The number of carbonyl (C=O) groups excluding carboxylic acids is 1. The molecule has 0 saturated heterocycles. The summed E-state index contributed by atoms with van der Waals surface area (Å²) < 4.78 is 10.0. The minimum absolute atomic E-state index is 0.277. The number of aryl methyl sites for hydroxylation is 1. The van der Waals surface area contributed by atoms with E-state index in [1.54, 1.807) is 38.1 Å². The molecule has 0 aliphatic heterocycles. The molecule has 0 spiro atoms. The number of esters is 1. The molecule has 7 nitrogen and oxygen atoms in total. The highest BCUT2D eigenvalue weighted by Gasteiger charge is 2.22. The van der Waals surface area contributed by atoms with Crippen molar-refractivity contribution >= 4 is 11.7 Å². The monoisotopic (exact) mass is 272 g/mol. The summed E-state index contributed by atoms with van der Waals surface area (Å²) >= 11 is 0. The molecule has 0 atom stereocenters. The minimum Gasteiger partial charge on any atom is -0.462 e. The summed E-state index contributed by atoms with van der Waals surface area (Å²) in [4.78, 5) is 14.6. The molecule has 1 aromatic carbocycles. The highest BCUT2D eigenvalue weighted by atomic mass is 16.5. The van der Waals surface area contributed by atoms with E-state index in [0.717, 1.165) is 0 Å². The fourth-order valence-electron chi connectivity index (χ4n) is 1.75. The molecular weight excluding hydrogens is 260 g/mol. The van der Waals surface area contributed by atoms with E-state index in [1.807, 2.05) is 0 Å². The Labute approximate surface area is 114 Å². The fourth-order valence-corrected chi connectivity index (χ4v) is 1.75. The second-order valence-corrected chi connectivity index (χ2v) is 3.92. The molecule has 2 aromatic rings. The number of azide groups is 1. The zero-order chi connectivity index (χ0) is 14.5. The van der Waals surface area contributed by atoms with Gasteiger partial charge in [0.2, 0.25) is 0 Å². The number of hydrogen-bond donors (Lipinski definition) is 0. The Balaban J connectivity index is 2.42. The summed E-state index contributed by atoms with van der Waals surface area (Å²) in [6.07, 6.45) is 0. The standard InChI is InChI=1S/C13H12N4O3/c1-3-19-13(18)11-8(2)20-16-12(11)9-4-6-10(7-5-9)15-17-14/h4-7H,3H2,1-2H3. The first kappa shape index (κ1) is 13.6. The van der Waals surface area contributed by atoms with Crippen molar-refractivity contribution < 1.29 is 14.1 Å². The lowest BCUT2D eigenvalue weighted by Gasteiger charge is -2.02. The number of carbonyl (C=O) groups is 1. The Morgan fingerprint density at radius 2 is 2.15 bits per heavy atom. The van der Waals surface area contributed by atoms with Crippen molar-refractivity contribution in [3.63, 3.8) is 0 Å². The average molecular weight is 272 g/mol. The third-order valence-electron chi connectivity index (χ3n) is 2.64. The molecule has 0 aliphatic rings. The molecule has 0 amide bonds. The van der Waals surface area contributed by atoms with Crippen LogP contribution >= 0.6 is 0 Å². The van der Waals surface area contributed by atoms with Crippen molar-refractivity contribution in [2.45, 2.75) is 13.8 Å². The lowest BCUT2D eigenvalue weighted by molar-refractivity contribution is 0.0525. The lowest BCUT2D eigenvalue weighted by Crippen LogP contribution is -2.06. The van der Waals surface area contributed by atoms with Gasteiger partial charge in [0.05, 0.1) is 6.61 Å². The highest BCUT2D eigenvalue weighted by molar-refractivity contribution is 5.97. The maximum Gasteiger partial charge on any atom is 0.344 e. The van der Waals surface area contributed by atoms with Gasteiger partial charge in [-0.15, -0.1) is 0 Å². The van der Waals surface area contributed by atoms with Crippen molar-refractivity contribution in [2.75, 3.05) is 6.61 Å². The first-order valence-corrected chi connectivity index (χ1v) is 5.96. The van der Waals surface area contributed by atoms with E-state index in [9.17, 15) is 4.79 Å². The van der Waals surface area contributed by atoms with Gasteiger partial charge in [0.15, 0.2) is 0 Å². The first-order valence-electron chi connectivity index (χ1n) is 5.96. The molecule has 7 heteroatoms. The summed E-state index contributed by atoms with van der Waals surface area (Å²) in [5, 5.41) is 7.36. The van der Waals surface area contributed by atoms with Crippen LogP contribution in [0.5, 0.6) is 0 Å². The van der Waals surface area contributed by atoms with Gasteiger partial charge in [0.1, 0.15) is 17.0 Å². The average Bonchev–Trinajstić information content (AvgIpc) is 2.82. The summed E-state index contributed by atoms with van der Waals surface area (Å²) in [7, 11) is 0. The third kappa shape index (κ3) is 2.62. The second kappa shape index (κ2) is 5.90. The maximum atomic E-state index is 11.9. The molecule has 0 bridgehead atoms. The van der Waals surface area contributed by atoms with Crippen molar-refractivity contribution in [1.29, 1.82) is 0 Å². The predicted octanol–water partition coefficient (Wildman–Crippen LogP) is 3.77. The van der Waals surface area contributed by atoms with Crippen molar-refractivity contribution in [1.82, 2.24) is 5.16 Å². The number of nitrogens with zero attached hydrogens (tertiary/aromatic N) is 4. The van der Waals surface area contributed by atoms with E-state index < -0.39 is 5.97 Å². The Morgan fingerprint density at radius 3 is 2.75 bits per heavy atom. The minimum atomic E-state index is -0.472. The predicted molar refractivity (Wildman–Crippen MR) is 71.4 cm³/mol. The molecule has 0 unspecified atom stereocenters. The molecule has 1 aromatic heterocycles. The molecule has 0 N–H and O–H groups in total. The van der Waals surface area contributed by atoms with Gasteiger partial charge < -0.3 is 9.26 Å². The van der Waals surface area contributed by atoms with Gasteiger partial charge in [0, 0.05) is 16.2 Å². The van der Waals surface area contributed by atoms with E-state index in [4.69, 9.17) is 14.8 Å². The largest absolute Gasteiger partial charge is 0.462 e. The van der Waals surface area contributed by atoms with Crippen LogP contribution in [0.3, 0.4) is 0 Å². The Morgan fingerprint density at radius 1 is 1.45 bits per heavy atom. The number of ether oxygens (including phenoxy) is 1. The van der Waals surface area contributed by atoms with Crippen LogP contribution in [0.1, 0.15) is 23.0 Å². The van der Waals surface area contributed by atoms with E-state index in [1.165, 1.54) is 0 Å². The van der Waals surface area contributed by atoms with Crippen LogP contribution in [0, 0.1) is 6.92 Å². The highest BCUT2D eigenvalue weighted by Crippen LogP contribution is 2.27. The Bertz CT molecular complexity index is 669. The summed E-state index contributed by atoms with van der Waals surface area (Å²) in [6, 6.07) is 6.66. The van der Waals surface area contributed by atoms with Gasteiger partial charge in [-0.1, -0.05) is 34.5 Å². The van der Waals surface area contributed by atoms with E-state index in [0.29, 0.717) is 28.3 Å². The number of rotatable bonds is 4. The van der Waals surface area contributed by atoms with Gasteiger partial charge >= 0.3 is 5.97 Å². The van der Waals surface area contributed by atoms with Crippen LogP contribution in [-0.4, -0.2) is 17.7 Å². The van der Waals surface area contributed by atoms with Gasteiger partial charge in [-0.05, 0) is 19.4 Å². The van der Waals surface area contributed by atoms with Crippen LogP contribution in [0.2, 0.25) is 0 Å². The number of aromatic nitrogens is 1. The summed E-state index contributed by atoms with van der Waals surface area (Å²) in [5.41, 5.74) is 10.2. The number of hydrogen-bond acceptors (Lipinski definition) is 5. The van der Waals surface area contributed by atoms with Crippen molar-refractivity contribution in [2.24, 2.45) is 5.11 Å². The molecule has 0 fully saturated rings. The molecule has 0 aliphatic carbocycles. The first-order chi connectivity index (χ1) is 9.67. The summed E-state index contributed by atoms with van der Waals surface area (Å²) in [5.74, 6) is -0.0713. The van der Waals surface area contributed by atoms with E-state index >= 15 is 0 Å². The van der Waals surface area contributed by atoms with Crippen LogP contribution in [0.4, 0.5) is 5.69 Å². The molecule has 0 saturated carbocycles. The molecular formula is C13H12N4O3. The van der Waals surface area contributed by atoms with Gasteiger partial charge in [0.25, 0.3) is 0 Å². The van der Waals surface area contributed by atoms with Crippen LogP contribution in [-0.2, 0) is 4.74 Å². The summed E-state index contributed by atoms with van der Waals surface area (Å²) in [6.45, 7) is 3.66. The van der Waals surface area contributed by atoms with Crippen LogP contribution in [0.25, 0.3) is 21.7 Å². The molecule has 2 rings (SSSR count). The molecule has 1 heterocycles. The Kier molecular flexibility index (Phi) is 4.02. The quantitative estimate of drug-likeness (QED) is 0.366. The van der Waals surface area contributed by atoms with E-state index in [-0.39, 0.29) is 6.61 Å². The van der Waals surface area contributed by atoms with Crippen molar-refractivity contribution in [3.8, 4) is 11.3 Å². The van der Waals surface area contributed by atoms with Crippen LogP contribution < -0.4 is 0 Å².